The second-order valence-electron chi connectivity index (χ2n) is 8.12. The summed E-state index contributed by atoms with van der Waals surface area (Å²) in [5.41, 5.74) is 11.7. The van der Waals surface area contributed by atoms with Crippen LogP contribution < -0.4 is 5.73 Å². The number of nitrogens with two attached hydrogens (primary N) is 1. The van der Waals surface area contributed by atoms with E-state index in [4.69, 9.17) is 5.73 Å². The zero-order chi connectivity index (χ0) is 19.6. The van der Waals surface area contributed by atoms with Crippen LogP contribution in [-0.2, 0) is 11.8 Å². The van der Waals surface area contributed by atoms with Crippen molar-refractivity contribution in [2.24, 2.45) is 5.73 Å². The van der Waals surface area contributed by atoms with Gasteiger partial charge in [-0.15, -0.1) is 0 Å². The zero-order valence-corrected chi connectivity index (χ0v) is 16.3. The maximum absolute atomic E-state index is 11.4. The van der Waals surface area contributed by atoms with Gasteiger partial charge in [0.2, 0.25) is 0 Å². The van der Waals surface area contributed by atoms with Gasteiger partial charge in [-0.3, -0.25) is 0 Å². The average molecular weight is 364 g/mol. The molecule has 4 nitrogen and oxygen atoms in total. The summed E-state index contributed by atoms with van der Waals surface area (Å²) in [4.78, 5) is 14.9. The number of carbonyl (C=O) groups is 1. The molecule has 142 valence electrons. The molecular weight excluding hydrogens is 336 g/mol. The van der Waals surface area contributed by atoms with Crippen molar-refractivity contribution >= 4 is 16.9 Å². The molecule has 0 saturated carbocycles. The van der Waals surface area contributed by atoms with Gasteiger partial charge in [0.15, 0.2) is 0 Å². The molecule has 0 atom stereocenters. The second-order valence-corrected chi connectivity index (χ2v) is 8.12. The molecule has 0 radical (unpaired) electrons. The van der Waals surface area contributed by atoms with Gasteiger partial charge in [-0.2, -0.15) is 0 Å². The van der Waals surface area contributed by atoms with E-state index in [1.54, 1.807) is 12.1 Å². The number of hydrogen-bond donors (Lipinski definition) is 3. The Morgan fingerprint density at radius 2 is 1.78 bits per heavy atom. The van der Waals surface area contributed by atoms with Crippen LogP contribution in [-0.4, -0.2) is 22.6 Å². The van der Waals surface area contributed by atoms with Crippen molar-refractivity contribution in [1.29, 1.82) is 0 Å². The van der Waals surface area contributed by atoms with Crippen molar-refractivity contribution in [3.8, 4) is 11.3 Å². The van der Waals surface area contributed by atoms with Gasteiger partial charge in [0.25, 0.3) is 0 Å². The summed E-state index contributed by atoms with van der Waals surface area (Å²) >= 11 is 0. The van der Waals surface area contributed by atoms with E-state index < -0.39 is 5.97 Å². The molecule has 2 aromatic carbocycles. The van der Waals surface area contributed by atoms with Crippen LogP contribution in [0.15, 0.2) is 42.5 Å². The Kier molecular flexibility index (Phi) is 5.38. The molecule has 3 rings (SSSR count). The lowest BCUT2D eigenvalue weighted by molar-refractivity contribution is 0.0697. The van der Waals surface area contributed by atoms with Crippen molar-refractivity contribution in [2.75, 3.05) is 6.54 Å². The van der Waals surface area contributed by atoms with E-state index in [2.05, 4.69) is 50.0 Å². The van der Waals surface area contributed by atoms with Crippen LogP contribution in [0.25, 0.3) is 22.2 Å². The molecule has 0 spiro atoms. The minimum Gasteiger partial charge on any atom is -0.478 e. The summed E-state index contributed by atoms with van der Waals surface area (Å²) in [6.45, 7) is 7.28. The third-order valence-electron chi connectivity index (χ3n) is 5.07. The monoisotopic (exact) mass is 364 g/mol. The fourth-order valence-electron chi connectivity index (χ4n) is 3.47. The first-order valence-corrected chi connectivity index (χ1v) is 9.50. The fraction of sp³-hybridized carbons (Fsp3) is 0.348. The molecule has 4 heteroatoms. The number of aromatic nitrogens is 1. The number of H-pyrrole nitrogens is 1. The van der Waals surface area contributed by atoms with Gasteiger partial charge in [0.05, 0.1) is 5.56 Å². The first kappa shape index (κ1) is 19.2. The third-order valence-corrected chi connectivity index (χ3v) is 5.07. The predicted molar refractivity (Wildman–Crippen MR) is 111 cm³/mol. The zero-order valence-electron chi connectivity index (χ0n) is 16.3. The van der Waals surface area contributed by atoms with E-state index in [1.807, 2.05) is 6.07 Å². The van der Waals surface area contributed by atoms with E-state index in [1.165, 1.54) is 11.1 Å². The first-order chi connectivity index (χ1) is 12.8. The van der Waals surface area contributed by atoms with Gasteiger partial charge in [-0.05, 0) is 66.1 Å². The summed E-state index contributed by atoms with van der Waals surface area (Å²) < 4.78 is 0. The Labute approximate surface area is 160 Å². The molecule has 0 aliphatic heterocycles. The van der Waals surface area contributed by atoms with Gasteiger partial charge in [0.1, 0.15) is 0 Å². The minimum atomic E-state index is -0.901. The number of carboxylic acid groups (broad SMARTS) is 1. The summed E-state index contributed by atoms with van der Waals surface area (Å²) in [6, 6.07) is 13.9. The lowest BCUT2D eigenvalue weighted by atomic mass is 9.86. The molecule has 0 fully saturated rings. The molecule has 0 unspecified atom stereocenters. The summed E-state index contributed by atoms with van der Waals surface area (Å²) in [5.74, 6) is -0.901. The maximum atomic E-state index is 11.4. The smallest absolute Gasteiger partial charge is 0.335 e. The van der Waals surface area contributed by atoms with Crippen molar-refractivity contribution in [3.05, 3.63) is 59.2 Å². The summed E-state index contributed by atoms with van der Waals surface area (Å²) in [7, 11) is 0. The first-order valence-electron chi connectivity index (χ1n) is 9.50. The number of aromatic carboxylic acids is 1. The van der Waals surface area contributed by atoms with E-state index in [0.29, 0.717) is 12.1 Å². The third kappa shape index (κ3) is 4.06. The van der Waals surface area contributed by atoms with E-state index in [9.17, 15) is 9.90 Å². The summed E-state index contributed by atoms with van der Waals surface area (Å²) in [5, 5.41) is 10.3. The molecule has 1 aromatic heterocycles. The van der Waals surface area contributed by atoms with Crippen LogP contribution in [0.1, 0.15) is 55.1 Å². The van der Waals surface area contributed by atoms with Crippen LogP contribution in [0, 0.1) is 0 Å². The molecule has 0 amide bonds. The molecule has 0 saturated heterocycles. The number of rotatable bonds is 6. The van der Waals surface area contributed by atoms with Gasteiger partial charge in [-0.1, -0.05) is 45.0 Å². The molecular formula is C23H28N2O2. The molecule has 3 aromatic rings. The number of aryl methyl sites for hydroxylation is 1. The highest BCUT2D eigenvalue weighted by molar-refractivity contribution is 5.97. The van der Waals surface area contributed by atoms with Crippen LogP contribution in [0.2, 0.25) is 0 Å². The van der Waals surface area contributed by atoms with Gasteiger partial charge >= 0.3 is 5.97 Å². The topological polar surface area (TPSA) is 79.1 Å². The van der Waals surface area contributed by atoms with Crippen molar-refractivity contribution in [3.63, 3.8) is 0 Å². The number of nitrogens with one attached hydrogen (secondary N) is 1. The Balaban J connectivity index is 2.10. The van der Waals surface area contributed by atoms with Crippen molar-refractivity contribution in [2.45, 2.75) is 45.4 Å². The SMILES string of the molecule is CC(C)(C)c1ccc(-c2[nH]c3ccc(C(=O)O)cc3c2CCCCN)cc1. The summed E-state index contributed by atoms with van der Waals surface area (Å²) in [6.07, 6.45) is 2.80. The highest BCUT2D eigenvalue weighted by Gasteiger charge is 2.17. The Morgan fingerprint density at radius 3 is 2.37 bits per heavy atom. The minimum absolute atomic E-state index is 0.110. The standard InChI is InChI=1S/C23H28N2O2/c1-23(2,3)17-10-7-15(8-11-17)21-18(6-4-5-13-24)19-14-16(22(26)27)9-12-20(19)25-21/h7-12,14,25H,4-6,13,24H2,1-3H3,(H,26,27). The Morgan fingerprint density at radius 1 is 1.07 bits per heavy atom. The highest BCUT2D eigenvalue weighted by atomic mass is 16.4. The Hall–Kier alpha value is -2.59. The highest BCUT2D eigenvalue weighted by Crippen LogP contribution is 2.33. The number of fused-ring (bicyclic) bond motifs is 1. The number of hydrogen-bond acceptors (Lipinski definition) is 2. The average Bonchev–Trinajstić information content (AvgIpc) is 2.99. The van der Waals surface area contributed by atoms with Gasteiger partial charge in [0, 0.05) is 16.6 Å². The van der Waals surface area contributed by atoms with Crippen LogP contribution in [0.4, 0.5) is 0 Å². The van der Waals surface area contributed by atoms with Crippen LogP contribution >= 0.6 is 0 Å². The van der Waals surface area contributed by atoms with E-state index in [-0.39, 0.29) is 5.41 Å². The van der Waals surface area contributed by atoms with Crippen LogP contribution in [0.5, 0.6) is 0 Å². The molecule has 0 bridgehead atoms. The van der Waals surface area contributed by atoms with Gasteiger partial charge < -0.3 is 15.8 Å². The Bertz CT molecular complexity index is 947. The number of carboxylic acids is 1. The largest absolute Gasteiger partial charge is 0.478 e. The number of aromatic amines is 1. The van der Waals surface area contributed by atoms with Gasteiger partial charge in [-0.25, -0.2) is 4.79 Å². The molecule has 27 heavy (non-hydrogen) atoms. The van der Waals surface area contributed by atoms with E-state index >= 15 is 0 Å². The fourth-order valence-corrected chi connectivity index (χ4v) is 3.47. The van der Waals surface area contributed by atoms with Crippen LogP contribution in [0.3, 0.4) is 0 Å². The van der Waals surface area contributed by atoms with Crippen molar-refractivity contribution < 1.29 is 9.90 Å². The second kappa shape index (κ2) is 7.57. The lowest BCUT2D eigenvalue weighted by Gasteiger charge is -2.19. The molecule has 4 N–H and O–H groups in total. The van der Waals surface area contributed by atoms with E-state index in [0.717, 1.165) is 41.4 Å². The van der Waals surface area contributed by atoms with Crippen molar-refractivity contribution in [1.82, 2.24) is 4.98 Å². The molecule has 0 aliphatic rings. The lowest BCUT2D eigenvalue weighted by Crippen LogP contribution is -2.10. The normalized spacial score (nSPS) is 11.9. The number of unbranched alkanes of at least 4 members (excludes halogenated alkanes) is 1. The predicted octanol–water partition coefficient (Wildman–Crippen LogP) is 5.11. The molecule has 1 heterocycles. The molecule has 0 aliphatic carbocycles. The number of benzene rings is 2. The maximum Gasteiger partial charge on any atom is 0.335 e. The quantitative estimate of drug-likeness (QED) is 0.532.